The van der Waals surface area contributed by atoms with Gasteiger partial charge in [-0.2, -0.15) is 0 Å². The van der Waals surface area contributed by atoms with Crippen LogP contribution < -0.4 is 5.32 Å². The molecule has 0 amide bonds. The van der Waals surface area contributed by atoms with Crippen molar-refractivity contribution in [2.24, 2.45) is 10.9 Å². The van der Waals surface area contributed by atoms with Crippen LogP contribution in [0.3, 0.4) is 0 Å². The zero-order valence-corrected chi connectivity index (χ0v) is 11.4. The summed E-state index contributed by atoms with van der Waals surface area (Å²) in [5, 5.41) is 3.41. The van der Waals surface area contributed by atoms with Crippen molar-refractivity contribution in [1.29, 1.82) is 0 Å². The topological polar surface area (TPSA) is 33.6 Å². The molecular weight excluding hydrogens is 224 g/mol. The smallest absolute Gasteiger partial charge is 0.217 e. The van der Waals surface area contributed by atoms with Gasteiger partial charge in [-0.05, 0) is 37.9 Å². The quantitative estimate of drug-likeness (QED) is 0.866. The summed E-state index contributed by atoms with van der Waals surface area (Å²) in [5.74, 6) is 1.48. The molecule has 1 heterocycles. The molecule has 0 radical (unpaired) electrons. The highest BCUT2D eigenvalue weighted by atomic mass is 16.5. The van der Waals surface area contributed by atoms with Crippen LogP contribution >= 0.6 is 0 Å². The number of rotatable bonds is 5. The first-order valence-corrected chi connectivity index (χ1v) is 6.66. The Balaban J connectivity index is 1.90. The Bertz CT molecular complexity index is 409. The van der Waals surface area contributed by atoms with E-state index in [0.29, 0.717) is 6.61 Å². The summed E-state index contributed by atoms with van der Waals surface area (Å²) >= 11 is 0. The molecule has 1 aromatic rings. The molecule has 1 N–H and O–H groups in total. The van der Waals surface area contributed by atoms with Gasteiger partial charge in [0.05, 0.1) is 0 Å². The molecule has 1 unspecified atom stereocenters. The minimum atomic E-state index is 0.111. The largest absolute Gasteiger partial charge is 0.474 e. The molecule has 18 heavy (non-hydrogen) atoms. The van der Waals surface area contributed by atoms with Crippen molar-refractivity contribution < 1.29 is 4.74 Å². The summed E-state index contributed by atoms with van der Waals surface area (Å²) in [6.45, 7) is 8.18. The van der Waals surface area contributed by atoms with E-state index in [2.05, 4.69) is 55.3 Å². The number of aryl methyl sites for hydroxylation is 1. The molecular formula is C15H22N2O. The van der Waals surface area contributed by atoms with E-state index in [0.717, 1.165) is 23.9 Å². The van der Waals surface area contributed by atoms with Gasteiger partial charge < -0.3 is 4.74 Å². The highest BCUT2D eigenvalue weighted by molar-refractivity contribution is 5.95. The minimum Gasteiger partial charge on any atom is -0.474 e. The van der Waals surface area contributed by atoms with Crippen LogP contribution in [-0.2, 0) is 4.74 Å². The van der Waals surface area contributed by atoms with Gasteiger partial charge in [-0.25, -0.2) is 4.99 Å². The van der Waals surface area contributed by atoms with Crippen molar-refractivity contribution >= 4 is 5.90 Å². The Kier molecular flexibility index (Phi) is 4.37. The zero-order valence-electron chi connectivity index (χ0n) is 11.4. The number of benzene rings is 1. The number of ether oxygens (including phenoxy) is 1. The van der Waals surface area contributed by atoms with E-state index in [9.17, 15) is 0 Å². The lowest BCUT2D eigenvalue weighted by Gasteiger charge is -2.09. The van der Waals surface area contributed by atoms with Gasteiger partial charge >= 0.3 is 0 Å². The van der Waals surface area contributed by atoms with Gasteiger partial charge in [0.15, 0.2) is 0 Å². The summed E-state index contributed by atoms with van der Waals surface area (Å²) < 4.78 is 5.64. The van der Waals surface area contributed by atoms with Crippen molar-refractivity contribution in [3.8, 4) is 0 Å². The number of hydrogen-bond acceptors (Lipinski definition) is 3. The lowest BCUT2D eigenvalue weighted by atomic mass is 10.1. The van der Waals surface area contributed by atoms with Crippen LogP contribution in [0.2, 0.25) is 0 Å². The lowest BCUT2D eigenvalue weighted by molar-refractivity contribution is 0.296. The van der Waals surface area contributed by atoms with Crippen LogP contribution in [0.4, 0.5) is 0 Å². The van der Waals surface area contributed by atoms with Crippen molar-refractivity contribution in [2.45, 2.75) is 33.4 Å². The van der Waals surface area contributed by atoms with Crippen LogP contribution in [0.25, 0.3) is 0 Å². The molecule has 0 saturated carbocycles. The van der Waals surface area contributed by atoms with Gasteiger partial charge in [-0.3, -0.25) is 5.32 Å². The van der Waals surface area contributed by atoms with Crippen molar-refractivity contribution in [1.82, 2.24) is 5.32 Å². The van der Waals surface area contributed by atoms with Crippen LogP contribution in [-0.4, -0.2) is 25.2 Å². The van der Waals surface area contributed by atoms with E-state index >= 15 is 0 Å². The van der Waals surface area contributed by atoms with Crippen LogP contribution in [0, 0.1) is 12.8 Å². The highest BCUT2D eigenvalue weighted by Gasteiger charge is 2.19. The fraction of sp³-hybridized carbons (Fsp3) is 0.533. The average molecular weight is 246 g/mol. The molecule has 0 aliphatic carbocycles. The van der Waals surface area contributed by atoms with E-state index in [1.54, 1.807) is 0 Å². The van der Waals surface area contributed by atoms with E-state index < -0.39 is 0 Å². The SMILES string of the molecule is Cc1ccc(C2=NC(NCCC(C)C)CO2)cc1. The van der Waals surface area contributed by atoms with E-state index in [1.807, 2.05) is 0 Å². The lowest BCUT2D eigenvalue weighted by Crippen LogP contribution is -2.29. The van der Waals surface area contributed by atoms with E-state index in [-0.39, 0.29) is 6.17 Å². The van der Waals surface area contributed by atoms with Gasteiger partial charge in [0.2, 0.25) is 5.90 Å². The van der Waals surface area contributed by atoms with Gasteiger partial charge in [0.1, 0.15) is 12.8 Å². The van der Waals surface area contributed by atoms with Gasteiger partial charge in [0, 0.05) is 5.56 Å². The summed E-state index contributed by atoms with van der Waals surface area (Å²) in [4.78, 5) is 4.57. The number of aliphatic imine (C=N–C) groups is 1. The number of hydrogen-bond donors (Lipinski definition) is 1. The molecule has 3 heteroatoms. The maximum absolute atomic E-state index is 5.64. The van der Waals surface area contributed by atoms with E-state index in [1.165, 1.54) is 12.0 Å². The molecule has 0 spiro atoms. The molecule has 0 bridgehead atoms. The van der Waals surface area contributed by atoms with Crippen molar-refractivity contribution in [3.05, 3.63) is 35.4 Å². The monoisotopic (exact) mass is 246 g/mol. The van der Waals surface area contributed by atoms with Gasteiger partial charge in [-0.1, -0.05) is 31.5 Å². The Hall–Kier alpha value is -1.35. The van der Waals surface area contributed by atoms with Gasteiger partial charge in [0.25, 0.3) is 0 Å². The minimum absolute atomic E-state index is 0.111. The second-order valence-corrected chi connectivity index (χ2v) is 5.26. The number of nitrogens with one attached hydrogen (secondary N) is 1. The fourth-order valence-electron chi connectivity index (χ4n) is 1.87. The third-order valence-corrected chi connectivity index (χ3v) is 3.05. The Morgan fingerprint density at radius 1 is 1.33 bits per heavy atom. The summed E-state index contributed by atoms with van der Waals surface area (Å²) in [7, 11) is 0. The van der Waals surface area contributed by atoms with Crippen LogP contribution in [0.15, 0.2) is 29.3 Å². The third-order valence-electron chi connectivity index (χ3n) is 3.05. The Labute approximate surface area is 109 Å². The first-order valence-electron chi connectivity index (χ1n) is 6.66. The average Bonchev–Trinajstić information content (AvgIpc) is 2.78. The molecule has 1 aliphatic rings. The first kappa shape index (κ1) is 13.1. The van der Waals surface area contributed by atoms with Crippen molar-refractivity contribution in [3.63, 3.8) is 0 Å². The third kappa shape index (κ3) is 3.57. The maximum Gasteiger partial charge on any atom is 0.217 e. The molecule has 0 fully saturated rings. The zero-order chi connectivity index (χ0) is 13.0. The molecule has 98 valence electrons. The molecule has 0 saturated heterocycles. The van der Waals surface area contributed by atoms with Crippen LogP contribution in [0.1, 0.15) is 31.4 Å². The predicted molar refractivity (Wildman–Crippen MR) is 74.9 cm³/mol. The fourth-order valence-corrected chi connectivity index (χ4v) is 1.87. The normalized spacial score (nSPS) is 18.9. The summed E-state index contributed by atoms with van der Waals surface area (Å²) in [6.07, 6.45) is 1.28. The summed E-state index contributed by atoms with van der Waals surface area (Å²) in [6, 6.07) is 8.29. The Morgan fingerprint density at radius 3 is 2.72 bits per heavy atom. The first-order chi connectivity index (χ1) is 8.65. The molecule has 2 rings (SSSR count). The maximum atomic E-state index is 5.64. The molecule has 1 aromatic carbocycles. The molecule has 3 nitrogen and oxygen atoms in total. The second-order valence-electron chi connectivity index (χ2n) is 5.26. The molecule has 1 aliphatic heterocycles. The predicted octanol–water partition coefficient (Wildman–Crippen LogP) is 2.73. The van der Waals surface area contributed by atoms with E-state index in [4.69, 9.17) is 4.74 Å². The standard InChI is InChI=1S/C15H22N2O/c1-11(2)8-9-16-14-10-18-15(17-14)13-6-4-12(3)5-7-13/h4-7,11,14,16H,8-10H2,1-3H3. The van der Waals surface area contributed by atoms with Gasteiger partial charge in [-0.15, -0.1) is 0 Å². The second kappa shape index (κ2) is 6.01. The Morgan fingerprint density at radius 2 is 2.06 bits per heavy atom. The molecule has 0 aromatic heterocycles. The number of nitrogens with zero attached hydrogens (tertiary/aromatic N) is 1. The van der Waals surface area contributed by atoms with Crippen LogP contribution in [0.5, 0.6) is 0 Å². The van der Waals surface area contributed by atoms with Crippen molar-refractivity contribution in [2.75, 3.05) is 13.2 Å². The highest BCUT2D eigenvalue weighted by Crippen LogP contribution is 2.12. The summed E-state index contributed by atoms with van der Waals surface area (Å²) in [5.41, 5.74) is 2.32. The molecule has 1 atom stereocenters.